The summed E-state index contributed by atoms with van der Waals surface area (Å²) in [5.41, 5.74) is 5.14. The van der Waals surface area contributed by atoms with E-state index < -0.39 is 0 Å². The number of hydrogen-bond acceptors (Lipinski definition) is 2. The Bertz CT molecular complexity index is 117. The van der Waals surface area contributed by atoms with E-state index in [9.17, 15) is 4.79 Å². The van der Waals surface area contributed by atoms with Crippen LogP contribution in [0.15, 0.2) is 0 Å². The van der Waals surface area contributed by atoms with Gasteiger partial charge in [-0.2, -0.15) is 0 Å². The van der Waals surface area contributed by atoms with Crippen LogP contribution in [-0.4, -0.2) is 19.0 Å². The summed E-state index contributed by atoms with van der Waals surface area (Å²) in [4.78, 5) is 10.7. The second-order valence-electron chi connectivity index (χ2n) is 2.62. The molecule has 1 saturated heterocycles. The SMILES string of the molecule is NC(=O)C1C[CH]CCNC1. The van der Waals surface area contributed by atoms with E-state index in [0.29, 0.717) is 0 Å². The molecule has 1 heterocycles. The first-order valence-corrected chi connectivity index (χ1v) is 3.62. The van der Waals surface area contributed by atoms with Crippen molar-refractivity contribution in [2.24, 2.45) is 11.7 Å². The Morgan fingerprint density at radius 2 is 2.50 bits per heavy atom. The molecule has 3 N–H and O–H groups in total. The van der Waals surface area contributed by atoms with E-state index in [1.165, 1.54) is 0 Å². The highest BCUT2D eigenvalue weighted by atomic mass is 16.1. The van der Waals surface area contributed by atoms with Crippen molar-refractivity contribution in [2.75, 3.05) is 13.1 Å². The summed E-state index contributed by atoms with van der Waals surface area (Å²) in [6, 6.07) is 0. The predicted molar refractivity (Wildman–Crippen MR) is 39.1 cm³/mol. The van der Waals surface area contributed by atoms with E-state index >= 15 is 0 Å². The number of hydrogen-bond donors (Lipinski definition) is 2. The van der Waals surface area contributed by atoms with Crippen LogP contribution in [0, 0.1) is 12.3 Å². The Morgan fingerprint density at radius 3 is 3.20 bits per heavy atom. The van der Waals surface area contributed by atoms with Gasteiger partial charge in [0.2, 0.25) is 5.91 Å². The number of primary amides is 1. The molecule has 1 atom stereocenters. The average molecular weight is 141 g/mol. The minimum Gasteiger partial charge on any atom is -0.369 e. The number of nitrogens with one attached hydrogen (secondary N) is 1. The molecule has 1 unspecified atom stereocenters. The Morgan fingerprint density at radius 1 is 1.70 bits per heavy atom. The number of carbonyl (C=O) groups is 1. The summed E-state index contributed by atoms with van der Waals surface area (Å²) >= 11 is 0. The molecule has 1 radical (unpaired) electrons. The Kier molecular flexibility index (Phi) is 2.68. The highest BCUT2D eigenvalue weighted by molar-refractivity contribution is 5.77. The van der Waals surface area contributed by atoms with Crippen molar-refractivity contribution in [1.29, 1.82) is 0 Å². The van der Waals surface area contributed by atoms with Gasteiger partial charge in [0, 0.05) is 6.54 Å². The third kappa shape index (κ3) is 1.99. The van der Waals surface area contributed by atoms with E-state index in [4.69, 9.17) is 5.73 Å². The minimum atomic E-state index is -0.189. The van der Waals surface area contributed by atoms with Gasteiger partial charge in [-0.1, -0.05) is 0 Å². The van der Waals surface area contributed by atoms with Crippen LogP contribution in [0.5, 0.6) is 0 Å². The zero-order chi connectivity index (χ0) is 7.40. The standard InChI is InChI=1S/C7H13N2O/c8-7(10)6-3-1-2-4-9-5-6/h1,6,9H,2-5H2,(H2,8,10). The quantitative estimate of drug-likeness (QED) is 0.525. The molecule has 10 heavy (non-hydrogen) atoms. The predicted octanol–water partition coefficient (Wildman–Crippen LogP) is -0.324. The Hall–Kier alpha value is -0.570. The lowest BCUT2D eigenvalue weighted by Crippen LogP contribution is -2.31. The van der Waals surface area contributed by atoms with Gasteiger partial charge in [0.1, 0.15) is 0 Å². The molecule has 3 heteroatoms. The maximum Gasteiger partial charge on any atom is 0.221 e. The summed E-state index contributed by atoms with van der Waals surface area (Å²) in [5, 5.41) is 3.15. The lowest BCUT2D eigenvalue weighted by molar-refractivity contribution is -0.121. The van der Waals surface area contributed by atoms with Crippen LogP contribution in [0.25, 0.3) is 0 Å². The van der Waals surface area contributed by atoms with Crippen LogP contribution in [0.3, 0.4) is 0 Å². The van der Waals surface area contributed by atoms with Crippen molar-refractivity contribution in [1.82, 2.24) is 5.32 Å². The third-order valence-electron chi connectivity index (χ3n) is 1.77. The van der Waals surface area contributed by atoms with Gasteiger partial charge in [-0.05, 0) is 25.8 Å². The molecule has 57 valence electrons. The van der Waals surface area contributed by atoms with Crippen molar-refractivity contribution in [2.45, 2.75) is 12.8 Å². The lowest BCUT2D eigenvalue weighted by atomic mass is 10.0. The van der Waals surface area contributed by atoms with E-state index in [-0.39, 0.29) is 11.8 Å². The maximum absolute atomic E-state index is 10.7. The summed E-state index contributed by atoms with van der Waals surface area (Å²) in [5.74, 6) is -0.173. The molecular weight excluding hydrogens is 128 g/mol. The van der Waals surface area contributed by atoms with Crippen molar-refractivity contribution in [3.05, 3.63) is 6.42 Å². The third-order valence-corrected chi connectivity index (χ3v) is 1.77. The van der Waals surface area contributed by atoms with Gasteiger partial charge in [-0.25, -0.2) is 0 Å². The van der Waals surface area contributed by atoms with E-state index in [1.54, 1.807) is 0 Å². The maximum atomic E-state index is 10.7. The highest BCUT2D eigenvalue weighted by Crippen LogP contribution is 2.08. The van der Waals surface area contributed by atoms with Crippen LogP contribution < -0.4 is 11.1 Å². The topological polar surface area (TPSA) is 55.1 Å². The second kappa shape index (κ2) is 3.56. The van der Waals surface area contributed by atoms with Crippen molar-refractivity contribution >= 4 is 5.91 Å². The molecule has 0 bridgehead atoms. The highest BCUT2D eigenvalue weighted by Gasteiger charge is 2.16. The molecule has 1 amide bonds. The molecule has 0 saturated carbocycles. The zero-order valence-corrected chi connectivity index (χ0v) is 5.97. The fourth-order valence-electron chi connectivity index (χ4n) is 1.10. The summed E-state index contributed by atoms with van der Waals surface area (Å²) < 4.78 is 0. The first-order valence-electron chi connectivity index (χ1n) is 3.62. The van der Waals surface area contributed by atoms with Gasteiger partial charge in [0.05, 0.1) is 5.92 Å². The number of amides is 1. The van der Waals surface area contributed by atoms with Gasteiger partial charge >= 0.3 is 0 Å². The molecule has 0 aromatic rings. The summed E-state index contributed by atoms with van der Waals surface area (Å²) in [6.07, 6.45) is 4.00. The smallest absolute Gasteiger partial charge is 0.221 e. The molecule has 0 aromatic heterocycles. The van der Waals surface area contributed by atoms with Crippen LogP contribution in [0.4, 0.5) is 0 Å². The van der Waals surface area contributed by atoms with Crippen LogP contribution in [-0.2, 0) is 4.79 Å². The minimum absolute atomic E-state index is 0.0162. The largest absolute Gasteiger partial charge is 0.369 e. The second-order valence-corrected chi connectivity index (χ2v) is 2.62. The fraction of sp³-hybridized carbons (Fsp3) is 0.714. The molecule has 0 spiro atoms. The molecule has 1 rings (SSSR count). The first kappa shape index (κ1) is 7.54. The van der Waals surface area contributed by atoms with Crippen molar-refractivity contribution < 1.29 is 4.79 Å². The monoisotopic (exact) mass is 141 g/mol. The van der Waals surface area contributed by atoms with E-state index in [2.05, 4.69) is 11.7 Å². The van der Waals surface area contributed by atoms with Crippen molar-refractivity contribution in [3.8, 4) is 0 Å². The van der Waals surface area contributed by atoms with Gasteiger partial charge in [0.15, 0.2) is 0 Å². The number of nitrogens with two attached hydrogens (primary N) is 1. The van der Waals surface area contributed by atoms with Crippen LogP contribution in [0.1, 0.15) is 12.8 Å². The van der Waals surface area contributed by atoms with Gasteiger partial charge < -0.3 is 11.1 Å². The number of rotatable bonds is 1. The molecule has 1 aliphatic rings. The average Bonchev–Trinajstić information content (AvgIpc) is 2.12. The molecular formula is C7H13N2O. The molecule has 0 aliphatic carbocycles. The zero-order valence-electron chi connectivity index (χ0n) is 5.97. The normalized spacial score (nSPS) is 27.4. The molecule has 1 fully saturated rings. The molecule has 3 nitrogen and oxygen atoms in total. The fourth-order valence-corrected chi connectivity index (χ4v) is 1.10. The lowest BCUT2D eigenvalue weighted by Gasteiger charge is -2.07. The molecule has 1 aliphatic heterocycles. The van der Waals surface area contributed by atoms with Crippen LogP contribution in [0.2, 0.25) is 0 Å². The van der Waals surface area contributed by atoms with E-state index in [1.807, 2.05) is 0 Å². The Balaban J connectivity index is 2.35. The van der Waals surface area contributed by atoms with Gasteiger partial charge in [-0.3, -0.25) is 4.79 Å². The van der Waals surface area contributed by atoms with Crippen molar-refractivity contribution in [3.63, 3.8) is 0 Å². The van der Waals surface area contributed by atoms with Crippen LogP contribution >= 0.6 is 0 Å². The summed E-state index contributed by atoms with van der Waals surface area (Å²) in [6.45, 7) is 1.72. The Labute approximate surface area is 61.0 Å². The number of carbonyl (C=O) groups excluding carboxylic acids is 1. The first-order chi connectivity index (χ1) is 4.80. The summed E-state index contributed by atoms with van der Waals surface area (Å²) in [7, 11) is 0. The van der Waals surface area contributed by atoms with E-state index in [0.717, 1.165) is 25.9 Å². The molecule has 0 aromatic carbocycles. The van der Waals surface area contributed by atoms with Gasteiger partial charge in [0.25, 0.3) is 0 Å². The van der Waals surface area contributed by atoms with Gasteiger partial charge in [-0.15, -0.1) is 0 Å².